The fourth-order valence-corrected chi connectivity index (χ4v) is 6.14. The van der Waals surface area contributed by atoms with E-state index in [2.05, 4.69) is 15.8 Å². The lowest BCUT2D eigenvalue weighted by Crippen LogP contribution is -2.38. The highest BCUT2D eigenvalue weighted by molar-refractivity contribution is 6.01. The summed E-state index contributed by atoms with van der Waals surface area (Å²) in [6.07, 6.45) is 0.0490. The minimum Gasteiger partial charge on any atom is -0.493 e. The summed E-state index contributed by atoms with van der Waals surface area (Å²) in [5.74, 6) is 1.99. The van der Waals surface area contributed by atoms with E-state index in [1.165, 1.54) is 14.2 Å². The summed E-state index contributed by atoms with van der Waals surface area (Å²) in [7, 11) is 3.04. The van der Waals surface area contributed by atoms with E-state index in [9.17, 15) is 25.2 Å². The number of carbonyl (C=O) groups excluding carboxylic acids is 1. The van der Waals surface area contributed by atoms with Gasteiger partial charge in [0.05, 0.1) is 59.4 Å². The smallest absolute Gasteiger partial charge is 0.255 e. The molecule has 272 valence electrons. The maximum Gasteiger partial charge on any atom is 0.255 e. The molecule has 0 aliphatic carbocycles. The summed E-state index contributed by atoms with van der Waals surface area (Å²) in [5, 5.41) is 50.0. The number of fused-ring (bicyclic) bond motifs is 1. The van der Waals surface area contributed by atoms with Crippen LogP contribution >= 0.6 is 0 Å². The van der Waals surface area contributed by atoms with Gasteiger partial charge < -0.3 is 54.5 Å². The Balaban J connectivity index is 1.09. The van der Waals surface area contributed by atoms with Gasteiger partial charge in [-0.2, -0.15) is 0 Å². The molecule has 0 radical (unpaired) electrons. The predicted octanol–water partition coefficient (Wildman–Crippen LogP) is 5.01. The van der Waals surface area contributed by atoms with Crippen LogP contribution < -0.4 is 29.6 Å². The van der Waals surface area contributed by atoms with Crippen molar-refractivity contribution >= 4 is 11.6 Å². The van der Waals surface area contributed by atoms with Gasteiger partial charge in [0.2, 0.25) is 5.75 Å². The van der Waals surface area contributed by atoms with E-state index in [0.29, 0.717) is 86.4 Å². The van der Waals surface area contributed by atoms with Crippen molar-refractivity contribution < 1.29 is 48.7 Å². The summed E-state index contributed by atoms with van der Waals surface area (Å²) in [6.45, 7) is 1.33. The van der Waals surface area contributed by atoms with Crippen LogP contribution in [0.2, 0.25) is 0 Å². The Morgan fingerprint density at radius 2 is 1.42 bits per heavy atom. The second kappa shape index (κ2) is 16.2. The lowest BCUT2D eigenvalue weighted by molar-refractivity contribution is 0.0935. The Labute approximate surface area is 300 Å². The first-order valence-electron chi connectivity index (χ1n) is 16.7. The Bertz CT molecular complexity index is 2010. The first kappa shape index (κ1) is 36.2. The molecule has 13 heteroatoms. The van der Waals surface area contributed by atoms with Gasteiger partial charge in [-0.25, -0.2) is 0 Å². The lowest BCUT2D eigenvalue weighted by Gasteiger charge is -2.29. The molecule has 13 nitrogen and oxygen atoms in total. The summed E-state index contributed by atoms with van der Waals surface area (Å²) in [4.78, 5) is 12.7. The average Bonchev–Trinajstić information content (AvgIpc) is 3.67. The molecule has 5 aromatic rings. The molecule has 6 rings (SSSR count). The van der Waals surface area contributed by atoms with Crippen molar-refractivity contribution in [3.05, 3.63) is 106 Å². The van der Waals surface area contributed by atoms with E-state index in [4.69, 9.17) is 23.5 Å². The zero-order valence-electron chi connectivity index (χ0n) is 29.1. The largest absolute Gasteiger partial charge is 0.493 e. The SMILES string of the molecule is COc1cc(-c2cc(-c3cc(CO)c(CO)c(CO)c3)on2)cc(OC)c1OCCCOc1ccc(C2NC(=O)c3cc(C)ccc3N2)cc1CO. The zero-order chi connectivity index (χ0) is 36.8. The summed E-state index contributed by atoms with van der Waals surface area (Å²) < 4.78 is 29.0. The predicted molar refractivity (Wildman–Crippen MR) is 191 cm³/mol. The lowest BCUT2D eigenvalue weighted by atomic mass is 9.97. The standard InChI is InChI=1S/C39H41N3O10/c1-22-5-7-31-29(11-22)39(47)41-38(40-31)23-6-8-33(28(12-23)20-45)50-9-4-10-51-37-35(48-2)15-24(16-36(37)49-3)32-17-34(52-42-32)25-13-26(18-43)30(21-46)27(14-25)19-44/h5-8,11-17,38,40,43-46H,4,9-10,18-21H2,1-3H3,(H,41,47). The van der Waals surface area contributed by atoms with E-state index in [0.717, 1.165) is 16.8 Å². The van der Waals surface area contributed by atoms with Crippen molar-refractivity contribution in [3.63, 3.8) is 0 Å². The molecule has 1 atom stereocenters. The second-order valence-corrected chi connectivity index (χ2v) is 12.2. The number of hydrogen-bond donors (Lipinski definition) is 6. The number of nitrogens with one attached hydrogen (secondary N) is 2. The van der Waals surface area contributed by atoms with Crippen molar-refractivity contribution in [1.29, 1.82) is 0 Å². The molecular weight excluding hydrogens is 670 g/mol. The number of aliphatic hydroxyl groups excluding tert-OH is 4. The molecule has 1 aliphatic rings. The number of rotatable bonds is 15. The molecule has 0 bridgehead atoms. The molecule has 1 aliphatic heterocycles. The highest BCUT2D eigenvalue weighted by Gasteiger charge is 2.25. The molecule has 1 aromatic heterocycles. The van der Waals surface area contributed by atoms with Gasteiger partial charge in [-0.1, -0.05) is 22.9 Å². The molecule has 1 amide bonds. The number of ether oxygens (including phenoxy) is 4. The summed E-state index contributed by atoms with van der Waals surface area (Å²) in [5.41, 5.74) is 6.86. The number of amides is 1. The van der Waals surface area contributed by atoms with Crippen LogP contribution in [0.25, 0.3) is 22.6 Å². The average molecular weight is 712 g/mol. The number of aliphatic hydroxyl groups is 4. The molecular formula is C39H41N3O10. The molecule has 6 N–H and O–H groups in total. The van der Waals surface area contributed by atoms with Crippen LogP contribution in [-0.2, 0) is 26.4 Å². The van der Waals surface area contributed by atoms with Crippen LogP contribution in [0.1, 0.15) is 56.3 Å². The highest BCUT2D eigenvalue weighted by atomic mass is 16.5. The number of aromatic nitrogens is 1. The number of methoxy groups -OCH3 is 2. The minimum absolute atomic E-state index is 0.166. The molecule has 0 saturated carbocycles. The Morgan fingerprint density at radius 3 is 2.08 bits per heavy atom. The number of aryl methyl sites for hydroxylation is 1. The van der Waals surface area contributed by atoms with Crippen molar-refractivity contribution in [2.75, 3.05) is 32.8 Å². The first-order valence-corrected chi connectivity index (χ1v) is 16.7. The molecule has 4 aromatic carbocycles. The van der Waals surface area contributed by atoms with Gasteiger partial charge in [-0.3, -0.25) is 4.79 Å². The van der Waals surface area contributed by atoms with Crippen molar-refractivity contribution in [2.24, 2.45) is 0 Å². The fourth-order valence-electron chi connectivity index (χ4n) is 6.14. The van der Waals surface area contributed by atoms with E-state index in [1.807, 2.05) is 37.3 Å². The monoisotopic (exact) mass is 711 g/mol. The molecule has 1 unspecified atom stereocenters. The first-order chi connectivity index (χ1) is 25.3. The number of benzene rings is 4. The Hall–Kier alpha value is -5.60. The third-order valence-corrected chi connectivity index (χ3v) is 8.86. The third-order valence-electron chi connectivity index (χ3n) is 8.86. The minimum atomic E-state index is -0.455. The Morgan fingerprint density at radius 1 is 0.731 bits per heavy atom. The number of hydrogen-bond acceptors (Lipinski definition) is 12. The van der Waals surface area contributed by atoms with Gasteiger partial charge in [0.25, 0.3) is 5.91 Å². The van der Waals surface area contributed by atoms with E-state index >= 15 is 0 Å². The maximum atomic E-state index is 12.7. The number of carbonyl (C=O) groups is 1. The topological polar surface area (TPSA) is 185 Å². The van der Waals surface area contributed by atoms with Crippen LogP contribution in [0.5, 0.6) is 23.0 Å². The fraction of sp³-hybridized carbons (Fsp3) is 0.282. The summed E-state index contributed by atoms with van der Waals surface area (Å²) in [6, 6.07) is 19.7. The number of nitrogens with zero attached hydrogens (tertiary/aromatic N) is 1. The Kier molecular flexibility index (Phi) is 11.3. The highest BCUT2D eigenvalue weighted by Crippen LogP contribution is 2.42. The van der Waals surface area contributed by atoms with Gasteiger partial charge in [0, 0.05) is 34.9 Å². The van der Waals surface area contributed by atoms with Gasteiger partial charge in [0.15, 0.2) is 17.3 Å². The van der Waals surface area contributed by atoms with Crippen LogP contribution in [-0.4, -0.2) is 58.9 Å². The maximum absolute atomic E-state index is 12.7. The number of anilines is 1. The molecule has 0 saturated heterocycles. The van der Waals surface area contributed by atoms with Crippen molar-refractivity contribution in [3.8, 4) is 45.6 Å². The third kappa shape index (κ3) is 7.53. The van der Waals surface area contributed by atoms with Crippen LogP contribution in [0.15, 0.2) is 71.3 Å². The van der Waals surface area contributed by atoms with Gasteiger partial charge in [0.1, 0.15) is 17.6 Å². The van der Waals surface area contributed by atoms with Crippen molar-refractivity contribution in [2.45, 2.75) is 45.9 Å². The van der Waals surface area contributed by atoms with Crippen LogP contribution in [0.4, 0.5) is 5.69 Å². The molecule has 52 heavy (non-hydrogen) atoms. The van der Waals surface area contributed by atoms with Crippen LogP contribution in [0, 0.1) is 6.92 Å². The molecule has 0 fully saturated rings. The zero-order valence-corrected chi connectivity index (χ0v) is 29.1. The van der Waals surface area contributed by atoms with Gasteiger partial charge in [-0.15, -0.1) is 0 Å². The van der Waals surface area contributed by atoms with Gasteiger partial charge >= 0.3 is 0 Å². The quantitative estimate of drug-likeness (QED) is 0.0800. The van der Waals surface area contributed by atoms with E-state index in [1.54, 1.807) is 36.4 Å². The van der Waals surface area contributed by atoms with Gasteiger partial charge in [-0.05, 0) is 77.7 Å². The van der Waals surface area contributed by atoms with Crippen molar-refractivity contribution in [1.82, 2.24) is 10.5 Å². The second-order valence-electron chi connectivity index (χ2n) is 12.2. The molecule has 2 heterocycles. The molecule has 0 spiro atoms. The van der Waals surface area contributed by atoms with Crippen LogP contribution in [0.3, 0.4) is 0 Å². The summed E-state index contributed by atoms with van der Waals surface area (Å²) >= 11 is 0. The van der Waals surface area contributed by atoms with E-state index < -0.39 is 6.17 Å². The van der Waals surface area contributed by atoms with E-state index in [-0.39, 0.29) is 38.9 Å². The normalized spacial score (nSPS) is 13.6.